The van der Waals surface area contributed by atoms with Crippen molar-refractivity contribution in [2.24, 2.45) is 5.41 Å². The van der Waals surface area contributed by atoms with E-state index in [0.717, 1.165) is 0 Å². The third-order valence-corrected chi connectivity index (χ3v) is 16.0. The number of hydrogen-bond acceptors (Lipinski definition) is 10. The van der Waals surface area contributed by atoms with Crippen LogP contribution < -0.4 is 16.1 Å². The van der Waals surface area contributed by atoms with Crippen LogP contribution >= 0.6 is 0 Å². The molecule has 15 nitrogen and oxygen atoms in total. The van der Waals surface area contributed by atoms with Gasteiger partial charge >= 0.3 is 12.1 Å². The van der Waals surface area contributed by atoms with E-state index in [1.165, 1.54) is 14.8 Å². The number of carbonyl (C=O) groups excluding carboxylic acids is 6. The van der Waals surface area contributed by atoms with E-state index in [1.807, 2.05) is 0 Å². The van der Waals surface area contributed by atoms with E-state index in [0.29, 0.717) is 64.2 Å². The Kier molecular flexibility index (Phi) is 10.9. The number of urea groups is 2. The molecule has 332 valence electrons. The normalized spacial score (nSPS) is 29.1. The summed E-state index contributed by atoms with van der Waals surface area (Å²) in [5.41, 5.74) is -1.46. The Morgan fingerprint density at radius 3 is 1.17 bits per heavy atom. The summed E-state index contributed by atoms with van der Waals surface area (Å²) in [7, 11) is 6.19. The maximum Gasteiger partial charge on any atom is 0.325 e. The molecule has 6 saturated heterocycles. The van der Waals surface area contributed by atoms with Crippen molar-refractivity contribution in [1.82, 2.24) is 45.6 Å². The van der Waals surface area contributed by atoms with E-state index in [1.54, 1.807) is 0 Å². The lowest BCUT2D eigenvalue weighted by atomic mass is 9.63. The van der Waals surface area contributed by atoms with Gasteiger partial charge in [-0.25, -0.2) is 20.0 Å². The van der Waals surface area contributed by atoms with Gasteiger partial charge in [0.1, 0.15) is 11.1 Å². The molecule has 6 aliphatic heterocycles. The molecule has 0 unspecified atom stereocenters. The molecular weight excluding hydrogens is 751 g/mol. The van der Waals surface area contributed by atoms with Crippen LogP contribution in [0.1, 0.15) is 154 Å². The van der Waals surface area contributed by atoms with Gasteiger partial charge < -0.3 is 10.6 Å². The Morgan fingerprint density at radius 1 is 0.508 bits per heavy atom. The first-order valence-corrected chi connectivity index (χ1v) is 21.9. The smallest absolute Gasteiger partial charge is 0.323 e. The summed E-state index contributed by atoms with van der Waals surface area (Å²) < 4.78 is 0. The highest BCUT2D eigenvalue weighted by atomic mass is 16.2. The minimum Gasteiger partial charge on any atom is -0.323 e. The molecule has 6 heterocycles. The molecule has 15 heteroatoms. The molecule has 0 radical (unpaired) electrons. The SMILES string of the molecule is CN1C(C)(C)CC2(CC(=O)N(NC(CCCN3C(=O)NC4(CC(C)(C)N(C)C(C)(C)C4)C3=O)CCCN3C(=O)NC4(CC(C)(C)N(C)C(C)(C)C4)C3=O)C2=O)CC1(C)C. The second-order valence-electron chi connectivity index (χ2n) is 23.2. The van der Waals surface area contributed by atoms with E-state index in [-0.39, 0.29) is 76.4 Å². The Labute approximate surface area is 353 Å². The largest absolute Gasteiger partial charge is 0.325 e. The number of amides is 8. The number of carbonyl (C=O) groups is 6. The fourth-order valence-electron chi connectivity index (χ4n) is 12.9. The number of hydrazine groups is 1. The number of likely N-dealkylation sites (tertiary alicyclic amines) is 3. The maximum absolute atomic E-state index is 14.5. The van der Waals surface area contributed by atoms with E-state index in [9.17, 15) is 28.8 Å². The Bertz CT molecular complexity index is 1640. The van der Waals surface area contributed by atoms with Gasteiger partial charge in [0, 0.05) is 58.8 Å². The molecule has 0 aromatic carbocycles. The van der Waals surface area contributed by atoms with Crippen LogP contribution in [0.3, 0.4) is 0 Å². The molecule has 6 aliphatic rings. The highest BCUT2D eigenvalue weighted by Gasteiger charge is 2.63. The molecule has 0 aromatic rings. The van der Waals surface area contributed by atoms with Gasteiger partial charge in [0.15, 0.2) is 0 Å². The van der Waals surface area contributed by atoms with Gasteiger partial charge in [0.05, 0.1) is 5.41 Å². The van der Waals surface area contributed by atoms with Crippen molar-refractivity contribution in [3.63, 3.8) is 0 Å². The molecule has 0 bridgehead atoms. The molecule has 0 saturated carbocycles. The zero-order chi connectivity index (χ0) is 44.3. The first kappa shape index (κ1) is 45.4. The van der Waals surface area contributed by atoms with Crippen LogP contribution in [0.4, 0.5) is 9.59 Å². The minimum atomic E-state index is -0.995. The lowest BCUT2D eigenvalue weighted by Gasteiger charge is -2.56. The predicted octanol–water partition coefficient (Wildman–Crippen LogP) is 4.59. The summed E-state index contributed by atoms with van der Waals surface area (Å²) in [5, 5.41) is 7.39. The number of nitrogens with one attached hydrogen (secondary N) is 3. The fraction of sp³-hybridized carbons (Fsp3) is 0.864. The van der Waals surface area contributed by atoms with Crippen LogP contribution in [-0.2, 0) is 19.2 Å². The van der Waals surface area contributed by atoms with Gasteiger partial charge in [-0.1, -0.05) is 0 Å². The lowest BCUT2D eigenvalue weighted by Crippen LogP contribution is -2.68. The standard InChI is InChI=1S/C44H75N9O6/c1-36(2)23-42(24-37(3,4)48(36)13)22-30(54)53(31(42)55)47-29(18-16-20-51-32(56)43(45-34(51)58)25-38(5,6)49(14)39(7,8)26-43)19-17-21-52-33(57)44(46-35(52)59)27-40(9,10)50(15)41(11,12)28-44/h29,47H,16-28H2,1-15H3,(H,45,58)(H,46,59). The van der Waals surface area contributed by atoms with Gasteiger partial charge in [-0.3, -0.25) is 43.7 Å². The first-order valence-electron chi connectivity index (χ1n) is 21.9. The average molecular weight is 826 g/mol. The van der Waals surface area contributed by atoms with Gasteiger partial charge in [0.2, 0.25) is 5.91 Å². The minimum absolute atomic E-state index is 0.116. The molecule has 0 aliphatic carbocycles. The Hall–Kier alpha value is -3.14. The predicted molar refractivity (Wildman–Crippen MR) is 226 cm³/mol. The summed E-state index contributed by atoms with van der Waals surface area (Å²) >= 11 is 0. The first-order chi connectivity index (χ1) is 26.8. The van der Waals surface area contributed by atoms with E-state index < -0.39 is 34.6 Å². The van der Waals surface area contributed by atoms with E-state index in [4.69, 9.17) is 0 Å². The van der Waals surface area contributed by atoms with Crippen molar-refractivity contribution >= 4 is 35.7 Å². The fourth-order valence-corrected chi connectivity index (χ4v) is 12.9. The monoisotopic (exact) mass is 826 g/mol. The molecule has 6 fully saturated rings. The van der Waals surface area contributed by atoms with Gasteiger partial charge in [0.25, 0.3) is 17.7 Å². The molecule has 8 amide bonds. The summed E-state index contributed by atoms with van der Waals surface area (Å²) in [5.74, 6) is -0.932. The van der Waals surface area contributed by atoms with Gasteiger partial charge in [-0.15, -0.1) is 0 Å². The highest BCUT2D eigenvalue weighted by molar-refractivity contribution is 6.08. The molecule has 0 atom stereocenters. The van der Waals surface area contributed by atoms with Crippen LogP contribution in [-0.4, -0.2) is 150 Å². The zero-order valence-electron chi connectivity index (χ0n) is 38.9. The van der Waals surface area contributed by atoms with Crippen molar-refractivity contribution in [3.05, 3.63) is 0 Å². The summed E-state index contributed by atoms with van der Waals surface area (Å²) in [6.07, 6.45) is 4.90. The van der Waals surface area contributed by atoms with Crippen LogP contribution in [0.2, 0.25) is 0 Å². The molecule has 6 rings (SSSR count). The lowest BCUT2D eigenvalue weighted by molar-refractivity contribution is -0.152. The Balaban J connectivity index is 1.18. The quantitative estimate of drug-likeness (QED) is 0.210. The van der Waals surface area contributed by atoms with E-state index in [2.05, 4.69) is 135 Å². The summed E-state index contributed by atoms with van der Waals surface area (Å²) in [4.78, 5) is 93.1. The maximum atomic E-state index is 14.5. The third kappa shape index (κ3) is 7.62. The number of hydrogen-bond donors (Lipinski definition) is 3. The van der Waals surface area contributed by atoms with E-state index >= 15 is 0 Å². The molecule has 3 spiro atoms. The molecule has 59 heavy (non-hydrogen) atoms. The van der Waals surface area contributed by atoms with Crippen LogP contribution in [0, 0.1) is 5.41 Å². The number of nitrogens with zero attached hydrogens (tertiary/aromatic N) is 6. The van der Waals surface area contributed by atoms with Crippen LogP contribution in [0.15, 0.2) is 0 Å². The highest BCUT2D eigenvalue weighted by Crippen LogP contribution is 2.53. The number of imide groups is 3. The van der Waals surface area contributed by atoms with Crippen molar-refractivity contribution < 1.29 is 28.8 Å². The zero-order valence-corrected chi connectivity index (χ0v) is 38.9. The van der Waals surface area contributed by atoms with Gasteiger partial charge in [-0.05, 0) is 168 Å². The second-order valence-corrected chi connectivity index (χ2v) is 23.2. The van der Waals surface area contributed by atoms with Crippen molar-refractivity contribution in [2.45, 2.75) is 204 Å². The molecule has 0 aromatic heterocycles. The van der Waals surface area contributed by atoms with Crippen molar-refractivity contribution in [1.29, 1.82) is 0 Å². The topological polar surface area (TPSA) is 158 Å². The van der Waals surface area contributed by atoms with Crippen molar-refractivity contribution in [2.75, 3.05) is 34.2 Å². The number of rotatable bonds is 10. The van der Waals surface area contributed by atoms with Gasteiger partial charge in [-0.2, -0.15) is 0 Å². The summed E-state index contributed by atoms with van der Waals surface area (Å²) in [6.45, 7) is 25.6. The number of piperidine rings is 3. The Morgan fingerprint density at radius 2 is 0.831 bits per heavy atom. The molecule has 3 N–H and O–H groups in total. The second kappa shape index (κ2) is 14.2. The van der Waals surface area contributed by atoms with Crippen molar-refractivity contribution in [3.8, 4) is 0 Å². The average Bonchev–Trinajstić information content (AvgIpc) is 3.53. The third-order valence-electron chi connectivity index (χ3n) is 16.0. The molecular formula is C44H75N9O6. The van der Waals surface area contributed by atoms with Crippen LogP contribution in [0.25, 0.3) is 0 Å². The van der Waals surface area contributed by atoms with Crippen LogP contribution in [0.5, 0.6) is 0 Å². The summed E-state index contributed by atoms with van der Waals surface area (Å²) in [6, 6.07) is -1.22.